The first kappa shape index (κ1) is 18.6. The average Bonchev–Trinajstić information content (AvgIpc) is 2.96. The molecule has 0 spiro atoms. The van der Waals surface area contributed by atoms with Crippen molar-refractivity contribution in [3.63, 3.8) is 0 Å². The standard InChI is InChI=1S/C15H18N4O.2ClH/c1-10(16)11-6-7-19(9-11)15(20)14-8-17-12-4-2-3-5-13(12)18-14;;/h2-5,8,10-11H,6-7,9,16H2,1H3;2*1H. The van der Waals surface area contributed by atoms with E-state index in [4.69, 9.17) is 5.73 Å². The molecule has 0 bridgehead atoms. The smallest absolute Gasteiger partial charge is 0.274 e. The number of nitrogens with two attached hydrogens (primary N) is 1. The molecule has 0 saturated carbocycles. The van der Waals surface area contributed by atoms with Gasteiger partial charge in [-0.15, -0.1) is 24.8 Å². The number of aromatic nitrogens is 2. The van der Waals surface area contributed by atoms with E-state index in [0.29, 0.717) is 18.2 Å². The molecule has 2 unspecified atom stereocenters. The summed E-state index contributed by atoms with van der Waals surface area (Å²) in [6.45, 7) is 3.46. The molecule has 0 aliphatic carbocycles. The normalized spacial score (nSPS) is 18.5. The van der Waals surface area contributed by atoms with Gasteiger partial charge in [-0.05, 0) is 31.4 Å². The molecule has 1 aliphatic heterocycles. The quantitative estimate of drug-likeness (QED) is 0.908. The summed E-state index contributed by atoms with van der Waals surface area (Å²) < 4.78 is 0. The molecule has 0 radical (unpaired) electrons. The second kappa shape index (κ2) is 7.72. The lowest BCUT2D eigenvalue weighted by molar-refractivity contribution is 0.0780. The van der Waals surface area contributed by atoms with Gasteiger partial charge in [-0.3, -0.25) is 9.78 Å². The fourth-order valence-corrected chi connectivity index (χ4v) is 2.62. The lowest BCUT2D eigenvalue weighted by atomic mass is 10.0. The number of hydrogen-bond acceptors (Lipinski definition) is 4. The molecule has 2 N–H and O–H groups in total. The van der Waals surface area contributed by atoms with E-state index < -0.39 is 0 Å². The highest BCUT2D eigenvalue weighted by molar-refractivity contribution is 5.94. The summed E-state index contributed by atoms with van der Waals surface area (Å²) in [6, 6.07) is 7.68. The molecule has 2 heterocycles. The monoisotopic (exact) mass is 342 g/mol. The van der Waals surface area contributed by atoms with Crippen molar-refractivity contribution in [3.8, 4) is 0 Å². The SMILES string of the molecule is CC(N)C1CCN(C(=O)c2cnc3ccccc3n2)C1.Cl.Cl. The number of carbonyl (C=O) groups is 1. The van der Waals surface area contributed by atoms with E-state index in [9.17, 15) is 4.79 Å². The first-order valence-electron chi connectivity index (χ1n) is 6.92. The Labute approximate surface area is 142 Å². The van der Waals surface area contributed by atoms with Crippen molar-refractivity contribution in [2.24, 2.45) is 11.7 Å². The fourth-order valence-electron chi connectivity index (χ4n) is 2.62. The third kappa shape index (κ3) is 3.66. The van der Waals surface area contributed by atoms with Crippen molar-refractivity contribution in [1.29, 1.82) is 0 Å². The Morgan fingerprint density at radius 3 is 2.64 bits per heavy atom. The number of nitrogens with zero attached hydrogens (tertiary/aromatic N) is 3. The molecule has 3 rings (SSSR count). The van der Waals surface area contributed by atoms with Crippen molar-refractivity contribution in [1.82, 2.24) is 14.9 Å². The predicted octanol–water partition coefficient (Wildman–Crippen LogP) is 2.28. The molecule has 1 saturated heterocycles. The highest BCUT2D eigenvalue weighted by Crippen LogP contribution is 2.20. The number of benzene rings is 1. The van der Waals surface area contributed by atoms with Crippen LogP contribution < -0.4 is 5.73 Å². The molecular weight excluding hydrogens is 323 g/mol. The maximum absolute atomic E-state index is 12.4. The molecule has 120 valence electrons. The Kier molecular flexibility index (Phi) is 6.53. The average molecular weight is 343 g/mol. The van der Waals surface area contributed by atoms with Gasteiger partial charge in [-0.1, -0.05) is 12.1 Å². The van der Waals surface area contributed by atoms with Crippen LogP contribution in [-0.4, -0.2) is 39.9 Å². The predicted molar refractivity (Wildman–Crippen MR) is 91.7 cm³/mol. The molecule has 22 heavy (non-hydrogen) atoms. The van der Waals surface area contributed by atoms with Crippen molar-refractivity contribution in [3.05, 3.63) is 36.2 Å². The Balaban J connectivity index is 0.00000121. The molecular formula is C15H20Cl2N4O. The molecule has 1 fully saturated rings. The summed E-state index contributed by atoms with van der Waals surface area (Å²) >= 11 is 0. The van der Waals surface area contributed by atoms with Crippen LogP contribution in [-0.2, 0) is 0 Å². The highest BCUT2D eigenvalue weighted by Gasteiger charge is 2.29. The van der Waals surface area contributed by atoms with Gasteiger partial charge in [0.05, 0.1) is 17.2 Å². The van der Waals surface area contributed by atoms with E-state index >= 15 is 0 Å². The van der Waals surface area contributed by atoms with Gasteiger partial charge >= 0.3 is 0 Å². The first-order valence-corrected chi connectivity index (χ1v) is 6.92. The van der Waals surface area contributed by atoms with Crippen molar-refractivity contribution < 1.29 is 4.79 Å². The number of carbonyl (C=O) groups excluding carboxylic acids is 1. The number of hydrogen-bond donors (Lipinski definition) is 1. The van der Waals surface area contributed by atoms with Crippen LogP contribution in [0.3, 0.4) is 0 Å². The van der Waals surface area contributed by atoms with Crippen LogP contribution in [0.1, 0.15) is 23.8 Å². The minimum absolute atomic E-state index is 0. The third-order valence-corrected chi connectivity index (χ3v) is 3.92. The lowest BCUT2D eigenvalue weighted by Gasteiger charge is -2.17. The molecule has 1 aromatic carbocycles. The van der Waals surface area contributed by atoms with Gasteiger partial charge in [0.2, 0.25) is 0 Å². The van der Waals surface area contributed by atoms with Crippen molar-refractivity contribution in [2.45, 2.75) is 19.4 Å². The van der Waals surface area contributed by atoms with Crippen LogP contribution in [0.25, 0.3) is 11.0 Å². The minimum atomic E-state index is -0.0496. The number of para-hydroxylation sites is 2. The van der Waals surface area contributed by atoms with Crippen molar-refractivity contribution in [2.75, 3.05) is 13.1 Å². The molecule has 2 aromatic rings. The maximum atomic E-state index is 12.4. The zero-order valence-corrected chi connectivity index (χ0v) is 13.9. The van der Waals surface area contributed by atoms with Crippen LogP contribution in [0.15, 0.2) is 30.5 Å². The van der Waals surface area contributed by atoms with Crippen LogP contribution in [0.5, 0.6) is 0 Å². The molecule has 2 atom stereocenters. The third-order valence-electron chi connectivity index (χ3n) is 3.92. The number of halogens is 2. The summed E-state index contributed by atoms with van der Waals surface area (Å²) in [5.41, 5.74) is 7.87. The van der Waals surface area contributed by atoms with Gasteiger partial charge in [-0.2, -0.15) is 0 Å². The van der Waals surface area contributed by atoms with E-state index in [2.05, 4.69) is 9.97 Å². The Bertz CT molecular complexity index is 650. The Hall–Kier alpha value is -1.43. The van der Waals surface area contributed by atoms with Crippen LogP contribution in [0, 0.1) is 5.92 Å². The number of fused-ring (bicyclic) bond motifs is 1. The zero-order chi connectivity index (χ0) is 14.1. The van der Waals surface area contributed by atoms with Gasteiger partial charge in [0, 0.05) is 19.1 Å². The molecule has 7 heteroatoms. The summed E-state index contributed by atoms with van der Waals surface area (Å²) in [5, 5.41) is 0. The summed E-state index contributed by atoms with van der Waals surface area (Å²) in [5.74, 6) is 0.332. The van der Waals surface area contributed by atoms with E-state index in [-0.39, 0.29) is 36.8 Å². The van der Waals surface area contributed by atoms with Gasteiger partial charge in [0.25, 0.3) is 5.91 Å². The van der Waals surface area contributed by atoms with E-state index in [0.717, 1.165) is 24.0 Å². The molecule has 1 aromatic heterocycles. The fraction of sp³-hybridized carbons (Fsp3) is 0.400. The van der Waals surface area contributed by atoms with E-state index in [1.807, 2.05) is 36.1 Å². The van der Waals surface area contributed by atoms with Crippen LogP contribution in [0.2, 0.25) is 0 Å². The molecule has 1 amide bonds. The second-order valence-corrected chi connectivity index (χ2v) is 5.40. The number of likely N-dealkylation sites (tertiary alicyclic amines) is 1. The largest absolute Gasteiger partial charge is 0.337 e. The zero-order valence-electron chi connectivity index (χ0n) is 12.3. The summed E-state index contributed by atoms with van der Waals surface area (Å²) in [7, 11) is 0. The summed E-state index contributed by atoms with van der Waals surface area (Å²) in [4.78, 5) is 23.0. The van der Waals surface area contributed by atoms with Crippen LogP contribution in [0.4, 0.5) is 0 Å². The molecule has 1 aliphatic rings. The summed E-state index contributed by atoms with van der Waals surface area (Å²) in [6.07, 6.45) is 2.52. The Morgan fingerprint density at radius 2 is 2.00 bits per heavy atom. The number of amides is 1. The minimum Gasteiger partial charge on any atom is -0.337 e. The van der Waals surface area contributed by atoms with Crippen molar-refractivity contribution >= 4 is 41.8 Å². The topological polar surface area (TPSA) is 72.1 Å². The second-order valence-electron chi connectivity index (χ2n) is 5.40. The van der Waals surface area contributed by atoms with Gasteiger partial charge in [0.1, 0.15) is 5.69 Å². The number of rotatable bonds is 2. The van der Waals surface area contributed by atoms with E-state index in [1.54, 1.807) is 6.20 Å². The molecule has 5 nitrogen and oxygen atoms in total. The van der Waals surface area contributed by atoms with Crippen LogP contribution >= 0.6 is 24.8 Å². The highest BCUT2D eigenvalue weighted by atomic mass is 35.5. The first-order chi connectivity index (χ1) is 9.65. The van der Waals surface area contributed by atoms with E-state index in [1.165, 1.54) is 0 Å². The maximum Gasteiger partial charge on any atom is 0.274 e. The van der Waals surface area contributed by atoms with Gasteiger partial charge in [0.15, 0.2) is 0 Å². The lowest BCUT2D eigenvalue weighted by Crippen LogP contribution is -2.33. The Morgan fingerprint density at radius 1 is 1.32 bits per heavy atom. The van der Waals surface area contributed by atoms with Gasteiger partial charge in [-0.25, -0.2) is 4.98 Å². The van der Waals surface area contributed by atoms with Gasteiger partial charge < -0.3 is 10.6 Å².